The van der Waals surface area contributed by atoms with E-state index in [2.05, 4.69) is 5.32 Å². The van der Waals surface area contributed by atoms with Crippen LogP contribution < -0.4 is 19.1 Å². The lowest BCUT2D eigenvalue weighted by Crippen LogP contribution is -2.50. The molecule has 0 radical (unpaired) electrons. The van der Waals surface area contributed by atoms with E-state index in [0.717, 1.165) is 10.6 Å². The van der Waals surface area contributed by atoms with Crippen molar-refractivity contribution in [2.75, 3.05) is 30.8 Å². The number of carbonyl (C=O) groups is 1. The van der Waals surface area contributed by atoms with Crippen molar-refractivity contribution in [2.45, 2.75) is 19.4 Å². The molecule has 0 fully saturated rings. The van der Waals surface area contributed by atoms with E-state index >= 15 is 0 Å². The molecule has 0 aliphatic rings. The van der Waals surface area contributed by atoms with Crippen molar-refractivity contribution in [1.82, 2.24) is 5.32 Å². The summed E-state index contributed by atoms with van der Waals surface area (Å²) in [4.78, 5) is 12.7. The molecule has 0 aliphatic heterocycles. The zero-order valence-electron chi connectivity index (χ0n) is 16.6. The third-order valence-electron chi connectivity index (χ3n) is 4.12. The van der Waals surface area contributed by atoms with Gasteiger partial charge in [-0.25, -0.2) is 8.42 Å². The Kier molecular flexibility index (Phi) is 8.16. The topological polar surface area (TPSA) is 84.9 Å². The number of hydrogen-bond acceptors (Lipinski definition) is 5. The van der Waals surface area contributed by atoms with Crippen LogP contribution in [0.15, 0.2) is 48.5 Å². The Balaban J connectivity index is 2.02. The number of hydrogen-bond donors (Lipinski definition) is 1. The van der Waals surface area contributed by atoms with E-state index in [1.165, 1.54) is 0 Å². The van der Waals surface area contributed by atoms with Gasteiger partial charge in [-0.1, -0.05) is 24.6 Å². The van der Waals surface area contributed by atoms with E-state index in [0.29, 0.717) is 28.6 Å². The Morgan fingerprint density at radius 3 is 2.41 bits per heavy atom. The molecule has 0 bridgehead atoms. The maximum atomic E-state index is 12.7. The summed E-state index contributed by atoms with van der Waals surface area (Å²) in [7, 11) is -2.12. The van der Waals surface area contributed by atoms with Gasteiger partial charge >= 0.3 is 0 Å². The lowest BCUT2D eigenvalue weighted by Gasteiger charge is -2.30. The van der Waals surface area contributed by atoms with Crippen LogP contribution in [0.5, 0.6) is 11.5 Å². The van der Waals surface area contributed by atoms with E-state index in [9.17, 15) is 13.2 Å². The van der Waals surface area contributed by atoms with Crippen LogP contribution in [0.25, 0.3) is 0 Å². The van der Waals surface area contributed by atoms with E-state index in [4.69, 9.17) is 21.1 Å². The van der Waals surface area contributed by atoms with Gasteiger partial charge in [-0.3, -0.25) is 9.10 Å². The van der Waals surface area contributed by atoms with Crippen molar-refractivity contribution < 1.29 is 22.7 Å². The third-order valence-corrected chi connectivity index (χ3v) is 5.55. The normalized spacial score (nSPS) is 12.1. The zero-order chi connectivity index (χ0) is 21.4. The van der Waals surface area contributed by atoms with Gasteiger partial charge in [0.2, 0.25) is 15.9 Å². The number of benzene rings is 2. The fraction of sp³-hybridized carbons (Fsp3) is 0.350. The standard InChI is InChI=1S/C20H25ClN2O5S/c1-4-19(23(29(3,25)26)16-10-8-15(21)9-11-16)20(24)22-12-13-28-18-7-5-6-17(14-18)27-2/h5-11,14,19H,4,12-13H2,1-3H3,(H,22,24)/t19-/m1/s1. The molecule has 0 saturated heterocycles. The van der Waals surface area contributed by atoms with Crippen LogP contribution in [0, 0.1) is 0 Å². The average molecular weight is 441 g/mol. The summed E-state index contributed by atoms with van der Waals surface area (Å²) in [6.07, 6.45) is 1.38. The Morgan fingerprint density at radius 1 is 1.17 bits per heavy atom. The van der Waals surface area contributed by atoms with Gasteiger partial charge in [-0.15, -0.1) is 0 Å². The van der Waals surface area contributed by atoms with Crippen LogP contribution >= 0.6 is 11.6 Å². The summed E-state index contributed by atoms with van der Waals surface area (Å²) in [5, 5.41) is 3.22. The molecule has 0 spiro atoms. The van der Waals surface area contributed by atoms with Crippen molar-refractivity contribution in [3.05, 3.63) is 53.6 Å². The molecular formula is C20H25ClN2O5S. The molecule has 1 amide bonds. The van der Waals surface area contributed by atoms with Gasteiger partial charge in [0, 0.05) is 11.1 Å². The SMILES string of the molecule is CC[C@H](C(=O)NCCOc1cccc(OC)c1)N(c1ccc(Cl)cc1)S(C)(=O)=O. The maximum absolute atomic E-state index is 12.7. The number of sulfonamides is 1. The molecule has 0 saturated carbocycles. The predicted molar refractivity (Wildman–Crippen MR) is 114 cm³/mol. The highest BCUT2D eigenvalue weighted by Gasteiger charge is 2.31. The number of halogens is 1. The van der Waals surface area contributed by atoms with Crippen LogP contribution in [-0.2, 0) is 14.8 Å². The van der Waals surface area contributed by atoms with Crippen molar-refractivity contribution >= 4 is 33.2 Å². The molecule has 29 heavy (non-hydrogen) atoms. The second-order valence-electron chi connectivity index (χ2n) is 6.28. The number of nitrogens with one attached hydrogen (secondary N) is 1. The van der Waals surface area contributed by atoms with Gasteiger partial charge in [0.1, 0.15) is 24.1 Å². The van der Waals surface area contributed by atoms with Gasteiger partial charge in [-0.2, -0.15) is 0 Å². The predicted octanol–water partition coefficient (Wildman–Crippen LogP) is 3.09. The summed E-state index contributed by atoms with van der Waals surface area (Å²) < 4.78 is 36.6. The van der Waals surface area contributed by atoms with Crippen molar-refractivity contribution in [1.29, 1.82) is 0 Å². The number of methoxy groups -OCH3 is 1. The molecule has 0 unspecified atom stereocenters. The highest BCUT2D eigenvalue weighted by molar-refractivity contribution is 7.92. The van der Waals surface area contributed by atoms with Crippen molar-refractivity contribution in [2.24, 2.45) is 0 Å². The molecule has 0 aliphatic carbocycles. The molecule has 2 aromatic rings. The van der Waals surface area contributed by atoms with Crippen LogP contribution in [-0.4, -0.2) is 46.9 Å². The fourth-order valence-electron chi connectivity index (χ4n) is 2.80. The van der Waals surface area contributed by atoms with Gasteiger partial charge in [-0.05, 0) is 42.8 Å². The minimum absolute atomic E-state index is 0.227. The van der Waals surface area contributed by atoms with E-state index in [1.54, 1.807) is 62.6 Å². The largest absolute Gasteiger partial charge is 0.497 e. The van der Waals surface area contributed by atoms with Crippen LogP contribution in [0.4, 0.5) is 5.69 Å². The number of amides is 1. The molecule has 0 aromatic heterocycles. The quantitative estimate of drug-likeness (QED) is 0.574. The summed E-state index contributed by atoms with van der Waals surface area (Å²) >= 11 is 5.89. The maximum Gasteiger partial charge on any atom is 0.244 e. The second kappa shape index (κ2) is 10.4. The summed E-state index contributed by atoms with van der Waals surface area (Å²) in [5.41, 5.74) is 0.381. The molecule has 158 valence electrons. The average Bonchev–Trinajstić information content (AvgIpc) is 2.69. The van der Waals surface area contributed by atoms with E-state index in [1.807, 2.05) is 0 Å². The number of ether oxygens (including phenoxy) is 2. The number of nitrogens with zero attached hydrogens (tertiary/aromatic N) is 1. The summed E-state index contributed by atoms with van der Waals surface area (Å²) in [6, 6.07) is 12.6. The Bertz CT molecular complexity index is 919. The Hall–Kier alpha value is -2.45. The highest BCUT2D eigenvalue weighted by atomic mass is 35.5. The highest BCUT2D eigenvalue weighted by Crippen LogP contribution is 2.24. The third kappa shape index (κ3) is 6.54. The van der Waals surface area contributed by atoms with Crippen LogP contribution in [0.1, 0.15) is 13.3 Å². The molecular weight excluding hydrogens is 416 g/mol. The minimum atomic E-state index is -3.68. The second-order valence-corrected chi connectivity index (χ2v) is 8.57. The molecule has 0 heterocycles. The monoisotopic (exact) mass is 440 g/mol. The first-order valence-corrected chi connectivity index (χ1v) is 11.3. The molecule has 2 aromatic carbocycles. The zero-order valence-corrected chi connectivity index (χ0v) is 18.2. The first-order valence-electron chi connectivity index (χ1n) is 9.05. The molecule has 2 rings (SSSR count). The summed E-state index contributed by atoms with van der Waals surface area (Å²) in [6.45, 7) is 2.21. The van der Waals surface area contributed by atoms with Gasteiger partial charge < -0.3 is 14.8 Å². The van der Waals surface area contributed by atoms with Gasteiger partial charge in [0.05, 0.1) is 25.6 Å². The van der Waals surface area contributed by atoms with Crippen LogP contribution in [0.2, 0.25) is 5.02 Å². The molecule has 9 heteroatoms. The number of carbonyl (C=O) groups excluding carboxylic acids is 1. The van der Waals surface area contributed by atoms with Crippen molar-refractivity contribution in [3.8, 4) is 11.5 Å². The number of anilines is 1. The lowest BCUT2D eigenvalue weighted by atomic mass is 10.2. The fourth-order valence-corrected chi connectivity index (χ4v) is 4.14. The molecule has 7 nitrogen and oxygen atoms in total. The van der Waals surface area contributed by atoms with E-state index < -0.39 is 22.0 Å². The van der Waals surface area contributed by atoms with E-state index in [-0.39, 0.29) is 13.2 Å². The first-order chi connectivity index (χ1) is 13.8. The van der Waals surface area contributed by atoms with Crippen molar-refractivity contribution in [3.63, 3.8) is 0 Å². The van der Waals surface area contributed by atoms with Gasteiger partial charge in [0.25, 0.3) is 0 Å². The van der Waals surface area contributed by atoms with Gasteiger partial charge in [0.15, 0.2) is 0 Å². The Morgan fingerprint density at radius 2 is 1.83 bits per heavy atom. The first kappa shape index (κ1) is 22.8. The number of rotatable bonds is 10. The minimum Gasteiger partial charge on any atom is -0.497 e. The smallest absolute Gasteiger partial charge is 0.244 e. The molecule has 1 atom stereocenters. The molecule has 1 N–H and O–H groups in total. The summed E-state index contributed by atoms with van der Waals surface area (Å²) in [5.74, 6) is 0.885. The lowest BCUT2D eigenvalue weighted by molar-refractivity contribution is -0.122. The van der Waals surface area contributed by atoms with Crippen LogP contribution in [0.3, 0.4) is 0 Å². The Labute approximate surface area is 176 Å².